The van der Waals surface area contributed by atoms with E-state index in [9.17, 15) is 8.42 Å². The molecule has 2 aliphatic rings. The quantitative estimate of drug-likeness (QED) is 0.641. The maximum atomic E-state index is 11.7. The molecule has 5 nitrogen and oxygen atoms in total. The van der Waals surface area contributed by atoms with Crippen LogP contribution in [0.25, 0.3) is 0 Å². The summed E-state index contributed by atoms with van der Waals surface area (Å²) in [5.74, 6) is 7.07. The van der Waals surface area contributed by atoms with Crippen molar-refractivity contribution in [2.75, 3.05) is 18.1 Å². The number of para-hydroxylation sites is 1. The Bertz CT molecular complexity index is 600. The Hall–Kier alpha value is -1.11. The van der Waals surface area contributed by atoms with Crippen molar-refractivity contribution in [3.8, 4) is 5.75 Å². The van der Waals surface area contributed by atoms with Crippen LogP contribution in [0.1, 0.15) is 30.0 Å². The van der Waals surface area contributed by atoms with Gasteiger partial charge in [0.2, 0.25) is 0 Å². The van der Waals surface area contributed by atoms with Gasteiger partial charge in [-0.25, -0.2) is 8.42 Å². The van der Waals surface area contributed by atoms with Gasteiger partial charge in [-0.1, -0.05) is 18.2 Å². The number of fused-ring (bicyclic) bond motifs is 1. The lowest BCUT2D eigenvalue weighted by Gasteiger charge is -2.27. The Morgan fingerprint density at radius 2 is 2.25 bits per heavy atom. The average Bonchev–Trinajstić information content (AvgIpc) is 2.80. The molecule has 0 amide bonds. The summed E-state index contributed by atoms with van der Waals surface area (Å²) in [5, 5.41) is 0. The van der Waals surface area contributed by atoms with Gasteiger partial charge in [0.05, 0.1) is 24.2 Å². The molecular formula is C14H20N2O3S. The first-order valence-electron chi connectivity index (χ1n) is 7.02. The third kappa shape index (κ3) is 2.55. The number of rotatable bonds is 3. The lowest BCUT2D eigenvalue weighted by Crippen LogP contribution is -2.34. The Morgan fingerprint density at radius 1 is 1.40 bits per heavy atom. The van der Waals surface area contributed by atoms with Crippen molar-refractivity contribution in [3.05, 3.63) is 29.3 Å². The molecule has 0 aliphatic carbocycles. The van der Waals surface area contributed by atoms with E-state index >= 15 is 0 Å². The van der Waals surface area contributed by atoms with E-state index < -0.39 is 9.84 Å². The van der Waals surface area contributed by atoms with Crippen molar-refractivity contribution in [2.45, 2.75) is 25.3 Å². The number of aryl methyl sites for hydroxylation is 1. The molecule has 0 radical (unpaired) electrons. The van der Waals surface area contributed by atoms with E-state index in [0.717, 1.165) is 24.2 Å². The molecule has 1 aromatic rings. The summed E-state index contributed by atoms with van der Waals surface area (Å²) in [6.07, 6.45) is 2.68. The van der Waals surface area contributed by atoms with Crippen molar-refractivity contribution in [1.29, 1.82) is 0 Å². The van der Waals surface area contributed by atoms with E-state index in [1.165, 1.54) is 5.56 Å². The van der Waals surface area contributed by atoms with E-state index in [-0.39, 0.29) is 23.5 Å². The summed E-state index contributed by atoms with van der Waals surface area (Å²) in [6, 6.07) is 5.88. The molecule has 0 spiro atoms. The average molecular weight is 296 g/mol. The molecule has 1 aromatic carbocycles. The Kier molecular flexibility index (Phi) is 3.70. The third-order valence-electron chi connectivity index (χ3n) is 4.22. The van der Waals surface area contributed by atoms with Crippen LogP contribution in [0.5, 0.6) is 5.75 Å². The molecule has 1 fully saturated rings. The van der Waals surface area contributed by atoms with Crippen LogP contribution in [0.3, 0.4) is 0 Å². The summed E-state index contributed by atoms with van der Waals surface area (Å²) in [5.41, 5.74) is 4.99. The third-order valence-corrected chi connectivity index (χ3v) is 6.01. The molecule has 0 saturated carbocycles. The molecule has 3 rings (SSSR count). The SMILES string of the molecule is NNC(c1cccc2c1OCCC2)C1CCS(=O)(=O)C1. The van der Waals surface area contributed by atoms with Crippen LogP contribution in [-0.4, -0.2) is 26.5 Å². The van der Waals surface area contributed by atoms with Crippen LogP contribution in [0, 0.1) is 5.92 Å². The molecule has 2 heterocycles. The fraction of sp³-hybridized carbons (Fsp3) is 0.571. The van der Waals surface area contributed by atoms with Crippen molar-refractivity contribution in [1.82, 2.24) is 5.43 Å². The zero-order valence-corrected chi connectivity index (χ0v) is 12.2. The number of nitrogens with one attached hydrogen (secondary N) is 1. The predicted octanol–water partition coefficient (Wildman–Crippen LogP) is 0.951. The van der Waals surface area contributed by atoms with Gasteiger partial charge >= 0.3 is 0 Å². The minimum Gasteiger partial charge on any atom is -0.493 e. The molecule has 3 N–H and O–H groups in total. The van der Waals surface area contributed by atoms with Crippen LogP contribution in [0.15, 0.2) is 18.2 Å². The molecule has 0 aromatic heterocycles. The molecule has 2 aliphatic heterocycles. The van der Waals surface area contributed by atoms with Gasteiger partial charge in [0.1, 0.15) is 5.75 Å². The van der Waals surface area contributed by atoms with Crippen molar-refractivity contribution in [2.24, 2.45) is 11.8 Å². The zero-order valence-electron chi connectivity index (χ0n) is 11.3. The van der Waals surface area contributed by atoms with Crippen molar-refractivity contribution in [3.63, 3.8) is 0 Å². The number of hydrogen-bond donors (Lipinski definition) is 2. The highest BCUT2D eigenvalue weighted by Gasteiger charge is 2.35. The Morgan fingerprint density at radius 3 is 2.95 bits per heavy atom. The molecule has 20 heavy (non-hydrogen) atoms. The monoisotopic (exact) mass is 296 g/mol. The maximum Gasteiger partial charge on any atom is 0.150 e. The number of benzene rings is 1. The summed E-state index contributed by atoms with van der Waals surface area (Å²) in [7, 11) is -2.92. The van der Waals surface area contributed by atoms with Crippen LogP contribution in [0.2, 0.25) is 0 Å². The Labute approximate surface area is 119 Å². The Balaban J connectivity index is 1.94. The molecule has 1 saturated heterocycles. The van der Waals surface area contributed by atoms with E-state index in [1.54, 1.807) is 0 Å². The molecule has 110 valence electrons. The number of sulfone groups is 1. The summed E-state index contributed by atoms with van der Waals surface area (Å²) >= 11 is 0. The zero-order chi connectivity index (χ0) is 14.2. The van der Waals surface area contributed by atoms with Crippen LogP contribution < -0.4 is 16.0 Å². The molecule has 2 unspecified atom stereocenters. The van der Waals surface area contributed by atoms with Gasteiger partial charge < -0.3 is 4.74 Å². The lowest BCUT2D eigenvalue weighted by atomic mass is 9.90. The standard InChI is InChI=1S/C14H20N2O3S/c15-16-13(11-6-8-20(17,18)9-11)12-5-1-3-10-4-2-7-19-14(10)12/h1,3,5,11,13,16H,2,4,6-9,15H2. The fourth-order valence-corrected chi connectivity index (χ4v) is 5.07. The largest absolute Gasteiger partial charge is 0.493 e. The lowest BCUT2D eigenvalue weighted by molar-refractivity contribution is 0.276. The highest BCUT2D eigenvalue weighted by Crippen LogP contribution is 2.38. The minimum atomic E-state index is -2.92. The van der Waals surface area contributed by atoms with Gasteiger partial charge in [0.15, 0.2) is 9.84 Å². The molecule has 6 heteroatoms. The van der Waals surface area contributed by atoms with Gasteiger partial charge in [0.25, 0.3) is 0 Å². The molecule has 0 bridgehead atoms. The van der Waals surface area contributed by atoms with Crippen LogP contribution in [-0.2, 0) is 16.3 Å². The van der Waals surface area contributed by atoms with Crippen molar-refractivity contribution >= 4 is 9.84 Å². The van der Waals surface area contributed by atoms with Crippen LogP contribution in [0.4, 0.5) is 0 Å². The summed E-state index contributed by atoms with van der Waals surface area (Å²) in [6.45, 7) is 0.713. The topological polar surface area (TPSA) is 81.4 Å². The molecular weight excluding hydrogens is 276 g/mol. The van der Waals surface area contributed by atoms with E-state index in [4.69, 9.17) is 10.6 Å². The van der Waals surface area contributed by atoms with Gasteiger partial charge in [-0.2, -0.15) is 0 Å². The second kappa shape index (κ2) is 5.35. The van der Waals surface area contributed by atoms with E-state index in [2.05, 4.69) is 11.5 Å². The highest BCUT2D eigenvalue weighted by molar-refractivity contribution is 7.91. The number of ether oxygens (including phenoxy) is 1. The fourth-order valence-electron chi connectivity index (χ4n) is 3.23. The second-order valence-electron chi connectivity index (χ2n) is 5.59. The number of hydrazine groups is 1. The summed E-state index contributed by atoms with van der Waals surface area (Å²) < 4.78 is 29.2. The van der Waals surface area contributed by atoms with Crippen LogP contribution >= 0.6 is 0 Å². The van der Waals surface area contributed by atoms with E-state index in [0.29, 0.717) is 13.0 Å². The maximum absolute atomic E-state index is 11.7. The van der Waals surface area contributed by atoms with Gasteiger partial charge in [-0.15, -0.1) is 0 Å². The van der Waals surface area contributed by atoms with Crippen molar-refractivity contribution < 1.29 is 13.2 Å². The first-order valence-corrected chi connectivity index (χ1v) is 8.84. The second-order valence-corrected chi connectivity index (χ2v) is 7.82. The minimum absolute atomic E-state index is 0.0158. The number of hydrogen-bond acceptors (Lipinski definition) is 5. The highest BCUT2D eigenvalue weighted by atomic mass is 32.2. The summed E-state index contributed by atoms with van der Waals surface area (Å²) in [4.78, 5) is 0. The predicted molar refractivity (Wildman–Crippen MR) is 77.1 cm³/mol. The van der Waals surface area contributed by atoms with Gasteiger partial charge in [-0.05, 0) is 30.7 Å². The van der Waals surface area contributed by atoms with Gasteiger partial charge in [-0.3, -0.25) is 11.3 Å². The van der Waals surface area contributed by atoms with Gasteiger partial charge in [0, 0.05) is 5.56 Å². The molecule has 2 atom stereocenters. The number of nitrogens with two attached hydrogens (primary N) is 1. The first kappa shape index (κ1) is 13.9. The van der Waals surface area contributed by atoms with E-state index in [1.807, 2.05) is 12.1 Å². The normalized spacial score (nSPS) is 25.8. The smallest absolute Gasteiger partial charge is 0.150 e. The first-order chi connectivity index (χ1) is 9.61.